The summed E-state index contributed by atoms with van der Waals surface area (Å²) in [6.45, 7) is 3.08. The van der Waals surface area contributed by atoms with Crippen LogP contribution in [0.4, 0.5) is 4.39 Å². The van der Waals surface area contributed by atoms with E-state index in [4.69, 9.17) is 5.11 Å². The van der Waals surface area contributed by atoms with E-state index in [9.17, 15) is 4.39 Å². The molecule has 0 saturated carbocycles. The lowest BCUT2D eigenvalue weighted by Gasteiger charge is -2.29. The van der Waals surface area contributed by atoms with Gasteiger partial charge in [-0.15, -0.1) is 10.2 Å². The third kappa shape index (κ3) is 3.13. The van der Waals surface area contributed by atoms with Gasteiger partial charge in [-0.3, -0.25) is 14.1 Å². The van der Waals surface area contributed by atoms with Crippen molar-refractivity contribution in [2.45, 2.75) is 26.1 Å². The van der Waals surface area contributed by atoms with Gasteiger partial charge >= 0.3 is 0 Å². The van der Waals surface area contributed by atoms with Crippen molar-refractivity contribution in [3.05, 3.63) is 72.1 Å². The molecule has 1 aliphatic heterocycles. The van der Waals surface area contributed by atoms with E-state index < -0.39 is 5.82 Å². The Morgan fingerprint density at radius 3 is 3.00 bits per heavy atom. The van der Waals surface area contributed by atoms with Gasteiger partial charge < -0.3 is 10.0 Å². The first-order valence-electron chi connectivity index (χ1n) is 9.70. The van der Waals surface area contributed by atoms with E-state index in [-0.39, 0.29) is 18.3 Å². The summed E-state index contributed by atoms with van der Waals surface area (Å²) in [5, 5.41) is 21.6. The summed E-state index contributed by atoms with van der Waals surface area (Å²) >= 11 is 0. The summed E-state index contributed by atoms with van der Waals surface area (Å²) in [5.41, 5.74) is 3.70. The van der Waals surface area contributed by atoms with Gasteiger partial charge in [0.1, 0.15) is 0 Å². The molecule has 152 valence electrons. The average molecular weight is 405 g/mol. The lowest BCUT2D eigenvalue weighted by atomic mass is 10.1. The highest BCUT2D eigenvalue weighted by atomic mass is 19.1. The fourth-order valence-electron chi connectivity index (χ4n) is 3.72. The zero-order valence-corrected chi connectivity index (χ0v) is 16.4. The molecule has 0 amide bonds. The van der Waals surface area contributed by atoms with Crippen LogP contribution < -0.4 is 0 Å². The zero-order chi connectivity index (χ0) is 20.7. The van der Waals surface area contributed by atoms with Gasteiger partial charge in [0.15, 0.2) is 17.3 Å². The molecule has 4 aromatic heterocycles. The maximum absolute atomic E-state index is 14.8. The maximum Gasteiger partial charge on any atom is 0.197 e. The van der Waals surface area contributed by atoms with E-state index in [1.807, 2.05) is 31.5 Å². The molecule has 5 rings (SSSR count). The Morgan fingerprint density at radius 2 is 2.13 bits per heavy atom. The van der Waals surface area contributed by atoms with Crippen LogP contribution in [0.15, 0.2) is 49.2 Å². The molecule has 5 heterocycles. The molecule has 0 radical (unpaired) electrons. The van der Waals surface area contributed by atoms with Crippen LogP contribution in [0.25, 0.3) is 22.9 Å². The predicted octanol–water partition coefficient (Wildman–Crippen LogP) is 2.67. The van der Waals surface area contributed by atoms with Crippen molar-refractivity contribution in [1.82, 2.24) is 34.3 Å². The molecule has 0 bridgehead atoms. The molecular formula is C21H20FN7O. The summed E-state index contributed by atoms with van der Waals surface area (Å²) in [7, 11) is 0. The molecule has 0 spiro atoms. The number of aliphatic hydroxyl groups is 1. The van der Waals surface area contributed by atoms with Gasteiger partial charge in [0.05, 0.1) is 31.1 Å². The smallest absolute Gasteiger partial charge is 0.197 e. The second-order valence-electron chi connectivity index (χ2n) is 7.26. The highest BCUT2D eigenvalue weighted by Gasteiger charge is 2.23. The van der Waals surface area contributed by atoms with E-state index in [0.717, 1.165) is 16.8 Å². The second-order valence-corrected chi connectivity index (χ2v) is 7.26. The first kappa shape index (κ1) is 18.4. The van der Waals surface area contributed by atoms with Crippen molar-refractivity contribution in [3.63, 3.8) is 0 Å². The summed E-state index contributed by atoms with van der Waals surface area (Å²) in [5.74, 6) is 0.197. The van der Waals surface area contributed by atoms with E-state index >= 15 is 0 Å². The molecule has 0 saturated heterocycles. The number of pyridine rings is 2. The first-order chi connectivity index (χ1) is 14.6. The molecule has 8 nitrogen and oxygen atoms in total. The zero-order valence-electron chi connectivity index (χ0n) is 16.4. The number of aliphatic hydroxyl groups excluding tert-OH is 1. The normalized spacial score (nSPS) is 14.3. The maximum atomic E-state index is 14.8. The van der Waals surface area contributed by atoms with Crippen molar-refractivity contribution >= 4 is 11.7 Å². The molecule has 9 heteroatoms. The highest BCUT2D eigenvalue weighted by molar-refractivity contribution is 5.63. The van der Waals surface area contributed by atoms with E-state index in [1.165, 1.54) is 6.07 Å². The topological polar surface area (TPSA) is 84.4 Å². The Bertz CT molecular complexity index is 1250. The molecule has 1 aliphatic rings. The summed E-state index contributed by atoms with van der Waals surface area (Å²) in [4.78, 5) is 6.51. The molecule has 4 aromatic rings. The van der Waals surface area contributed by atoms with Crippen LogP contribution in [0.2, 0.25) is 0 Å². The Morgan fingerprint density at radius 1 is 1.23 bits per heavy atom. The van der Waals surface area contributed by atoms with E-state index in [2.05, 4.69) is 31.2 Å². The number of rotatable bonds is 5. The van der Waals surface area contributed by atoms with Gasteiger partial charge in [0.2, 0.25) is 0 Å². The Kier molecular flexibility index (Phi) is 4.51. The second kappa shape index (κ2) is 7.34. The van der Waals surface area contributed by atoms with Crippen LogP contribution in [0.3, 0.4) is 0 Å². The summed E-state index contributed by atoms with van der Waals surface area (Å²) < 4.78 is 18.1. The molecule has 0 unspecified atom stereocenters. The Balaban J connectivity index is 1.51. The van der Waals surface area contributed by atoms with Crippen molar-refractivity contribution in [1.29, 1.82) is 0 Å². The lowest BCUT2D eigenvalue weighted by molar-refractivity contribution is 0.269. The third-order valence-electron chi connectivity index (χ3n) is 5.36. The van der Waals surface area contributed by atoms with Crippen molar-refractivity contribution in [2.24, 2.45) is 0 Å². The molecule has 30 heavy (non-hydrogen) atoms. The number of fused-ring (bicyclic) bond motifs is 2. The summed E-state index contributed by atoms with van der Waals surface area (Å²) in [6.07, 6.45) is 11.0. The van der Waals surface area contributed by atoms with Crippen molar-refractivity contribution in [3.8, 4) is 11.1 Å². The number of nitrogens with zero attached hydrogens (tertiary/aromatic N) is 7. The quantitative estimate of drug-likeness (QED) is 0.550. The van der Waals surface area contributed by atoms with Gasteiger partial charge in [0, 0.05) is 42.5 Å². The van der Waals surface area contributed by atoms with Crippen LogP contribution in [0.1, 0.15) is 30.0 Å². The minimum Gasteiger partial charge on any atom is -0.394 e. The Hall–Kier alpha value is -3.59. The lowest BCUT2D eigenvalue weighted by Crippen LogP contribution is -2.25. The number of aromatic nitrogens is 6. The standard InChI is InChI=1S/C21H20FN7O/c1-14(27-6-4-19-15(11-27)3-2-5-23-19)20-25-26-21-18(22)9-16(13-29(20)21)17-10-24-28(12-17)7-8-30/h2-6,9-10,12-14,30H,7-8,11H2,1H3/t14-/m1/s1. The van der Waals surface area contributed by atoms with E-state index in [0.29, 0.717) is 24.5 Å². The SMILES string of the molecule is C[C@H](c1nnc2c(F)cc(-c3cnn(CCO)c3)cn12)N1C=Cc2ncccc2C1. The molecule has 0 aromatic carbocycles. The van der Waals surface area contributed by atoms with Crippen LogP contribution in [0, 0.1) is 5.82 Å². The van der Waals surface area contributed by atoms with Crippen LogP contribution >= 0.6 is 0 Å². The first-order valence-corrected chi connectivity index (χ1v) is 9.70. The van der Waals surface area contributed by atoms with Crippen molar-refractivity contribution < 1.29 is 9.50 Å². The van der Waals surface area contributed by atoms with Gasteiger partial charge in [0.25, 0.3) is 0 Å². The van der Waals surface area contributed by atoms with Crippen LogP contribution in [-0.4, -0.2) is 46.0 Å². The largest absolute Gasteiger partial charge is 0.394 e. The minimum atomic E-state index is -0.447. The third-order valence-corrected chi connectivity index (χ3v) is 5.36. The minimum absolute atomic E-state index is 0.0103. The molecule has 0 fully saturated rings. The van der Waals surface area contributed by atoms with Gasteiger partial charge in [-0.25, -0.2) is 4.39 Å². The monoisotopic (exact) mass is 405 g/mol. The number of hydrogen-bond acceptors (Lipinski definition) is 6. The average Bonchev–Trinajstić information content (AvgIpc) is 3.40. The fraction of sp³-hybridized carbons (Fsp3) is 0.238. The fourth-order valence-corrected chi connectivity index (χ4v) is 3.72. The number of hydrogen-bond donors (Lipinski definition) is 1. The predicted molar refractivity (Wildman–Crippen MR) is 108 cm³/mol. The molecule has 1 N–H and O–H groups in total. The van der Waals surface area contributed by atoms with Crippen LogP contribution in [0.5, 0.6) is 0 Å². The molecule has 1 atom stereocenters. The van der Waals surface area contributed by atoms with Crippen LogP contribution in [-0.2, 0) is 13.1 Å². The highest BCUT2D eigenvalue weighted by Crippen LogP contribution is 2.29. The van der Waals surface area contributed by atoms with Crippen molar-refractivity contribution in [2.75, 3.05) is 6.61 Å². The van der Waals surface area contributed by atoms with Gasteiger partial charge in [-0.2, -0.15) is 5.10 Å². The summed E-state index contributed by atoms with van der Waals surface area (Å²) in [6, 6.07) is 5.28. The molecular weight excluding hydrogens is 385 g/mol. The van der Waals surface area contributed by atoms with E-state index in [1.54, 1.807) is 27.7 Å². The van der Waals surface area contributed by atoms with Gasteiger partial charge in [-0.05, 0) is 30.7 Å². The Labute approximate surface area is 171 Å². The number of halogens is 1. The van der Waals surface area contributed by atoms with Gasteiger partial charge in [-0.1, -0.05) is 6.07 Å². The molecule has 0 aliphatic carbocycles.